The molecular formula is C20H27NO4. The van der Waals surface area contributed by atoms with E-state index in [0.29, 0.717) is 31.7 Å². The van der Waals surface area contributed by atoms with E-state index < -0.39 is 5.60 Å². The minimum atomic E-state index is -0.463. The molecule has 1 saturated heterocycles. The van der Waals surface area contributed by atoms with Crippen molar-refractivity contribution in [1.29, 1.82) is 0 Å². The Morgan fingerprint density at radius 3 is 2.52 bits per heavy atom. The topological polar surface area (TPSA) is 55.8 Å². The maximum absolute atomic E-state index is 12.1. The van der Waals surface area contributed by atoms with E-state index in [0.717, 1.165) is 30.6 Å². The van der Waals surface area contributed by atoms with Crippen molar-refractivity contribution in [2.75, 3.05) is 13.1 Å². The Labute approximate surface area is 149 Å². The molecule has 1 aliphatic heterocycles. The number of aryl methyl sites for hydroxylation is 1. The van der Waals surface area contributed by atoms with Crippen LogP contribution in [-0.4, -0.2) is 41.6 Å². The molecule has 0 atom stereocenters. The molecule has 2 aliphatic rings. The Kier molecular flexibility index (Phi) is 5.02. The van der Waals surface area contributed by atoms with Crippen molar-refractivity contribution in [1.82, 2.24) is 4.90 Å². The highest BCUT2D eigenvalue weighted by molar-refractivity contribution is 5.83. The van der Waals surface area contributed by atoms with Crippen LogP contribution in [0.25, 0.3) is 0 Å². The fraction of sp³-hybridized carbons (Fsp3) is 0.600. The molecular weight excluding hydrogens is 318 g/mol. The number of benzene rings is 1. The van der Waals surface area contributed by atoms with Crippen LogP contribution in [0.5, 0.6) is 5.75 Å². The Balaban J connectivity index is 1.53. The number of nitrogens with zero attached hydrogens (tertiary/aromatic N) is 1. The second-order valence-electron chi connectivity index (χ2n) is 7.93. The monoisotopic (exact) mass is 345 g/mol. The molecule has 0 aromatic heterocycles. The summed E-state index contributed by atoms with van der Waals surface area (Å²) in [5, 5.41) is 0. The lowest BCUT2D eigenvalue weighted by atomic mass is 9.91. The third kappa shape index (κ3) is 4.74. The maximum Gasteiger partial charge on any atom is 0.410 e. The first kappa shape index (κ1) is 17.8. The number of Topliss-reactive ketones (excluding diaryl/α,β-unsaturated/α-hetero) is 1. The van der Waals surface area contributed by atoms with Crippen LogP contribution in [0.3, 0.4) is 0 Å². The molecule has 1 aromatic carbocycles. The van der Waals surface area contributed by atoms with Gasteiger partial charge >= 0.3 is 6.09 Å². The number of hydrogen-bond acceptors (Lipinski definition) is 4. The van der Waals surface area contributed by atoms with Gasteiger partial charge < -0.3 is 14.4 Å². The summed E-state index contributed by atoms with van der Waals surface area (Å²) in [4.78, 5) is 25.4. The maximum atomic E-state index is 12.1. The van der Waals surface area contributed by atoms with Crippen molar-refractivity contribution in [3.05, 3.63) is 29.3 Å². The number of piperidine rings is 1. The molecule has 1 amide bonds. The third-order valence-electron chi connectivity index (χ3n) is 4.63. The van der Waals surface area contributed by atoms with Gasteiger partial charge in [-0.15, -0.1) is 0 Å². The first-order valence-electron chi connectivity index (χ1n) is 9.08. The Bertz CT molecular complexity index is 654. The molecule has 5 heteroatoms. The first-order valence-corrected chi connectivity index (χ1v) is 9.08. The number of fused-ring (bicyclic) bond motifs is 1. The van der Waals surface area contributed by atoms with Crippen LogP contribution < -0.4 is 4.74 Å². The Morgan fingerprint density at radius 1 is 1.12 bits per heavy atom. The molecule has 3 rings (SSSR count). The van der Waals surface area contributed by atoms with Crippen LogP contribution in [0, 0.1) is 0 Å². The average Bonchev–Trinajstić information content (AvgIpc) is 2.54. The number of likely N-dealkylation sites (tertiary alicyclic amines) is 1. The highest BCUT2D eigenvalue weighted by Gasteiger charge is 2.27. The third-order valence-corrected chi connectivity index (χ3v) is 4.63. The molecule has 0 saturated carbocycles. The summed E-state index contributed by atoms with van der Waals surface area (Å²) in [5.74, 6) is 1.18. The van der Waals surface area contributed by atoms with Gasteiger partial charge in [0.2, 0.25) is 0 Å². The van der Waals surface area contributed by atoms with Crippen LogP contribution in [-0.2, 0) is 22.4 Å². The lowest BCUT2D eigenvalue weighted by molar-refractivity contribution is -0.118. The van der Waals surface area contributed by atoms with Crippen molar-refractivity contribution in [2.24, 2.45) is 0 Å². The molecule has 5 nitrogen and oxygen atoms in total. The fourth-order valence-electron chi connectivity index (χ4n) is 3.33. The fourth-order valence-corrected chi connectivity index (χ4v) is 3.33. The van der Waals surface area contributed by atoms with Gasteiger partial charge in [-0.25, -0.2) is 4.79 Å². The van der Waals surface area contributed by atoms with E-state index in [2.05, 4.69) is 6.07 Å². The van der Waals surface area contributed by atoms with E-state index in [-0.39, 0.29) is 12.2 Å². The molecule has 0 bridgehead atoms. The zero-order valence-corrected chi connectivity index (χ0v) is 15.3. The van der Waals surface area contributed by atoms with Crippen molar-refractivity contribution in [2.45, 2.75) is 64.6 Å². The van der Waals surface area contributed by atoms with Crippen LogP contribution in [0.15, 0.2) is 18.2 Å². The van der Waals surface area contributed by atoms with Crippen LogP contribution in [0.2, 0.25) is 0 Å². The van der Waals surface area contributed by atoms with Crippen LogP contribution in [0.4, 0.5) is 4.79 Å². The van der Waals surface area contributed by atoms with E-state index in [1.54, 1.807) is 4.90 Å². The summed E-state index contributed by atoms with van der Waals surface area (Å²) in [5.41, 5.74) is 1.89. The largest absolute Gasteiger partial charge is 0.490 e. The smallest absolute Gasteiger partial charge is 0.410 e. The van der Waals surface area contributed by atoms with Gasteiger partial charge in [-0.1, -0.05) is 6.07 Å². The summed E-state index contributed by atoms with van der Waals surface area (Å²) >= 11 is 0. The first-order chi connectivity index (χ1) is 11.8. The van der Waals surface area contributed by atoms with Crippen molar-refractivity contribution in [3.8, 4) is 5.75 Å². The molecule has 136 valence electrons. The molecule has 0 radical (unpaired) electrons. The second kappa shape index (κ2) is 7.06. The molecule has 1 aromatic rings. The molecule has 0 N–H and O–H groups in total. The van der Waals surface area contributed by atoms with E-state index in [4.69, 9.17) is 9.47 Å². The summed E-state index contributed by atoms with van der Waals surface area (Å²) in [6.45, 7) is 6.94. The van der Waals surface area contributed by atoms with E-state index in [1.807, 2.05) is 32.9 Å². The zero-order valence-electron chi connectivity index (χ0n) is 15.3. The van der Waals surface area contributed by atoms with Crippen LogP contribution >= 0.6 is 0 Å². The van der Waals surface area contributed by atoms with Crippen molar-refractivity contribution < 1.29 is 19.1 Å². The number of ether oxygens (including phenoxy) is 2. The minimum Gasteiger partial charge on any atom is -0.490 e. The van der Waals surface area contributed by atoms with Gasteiger partial charge in [-0.05, 0) is 50.5 Å². The quantitative estimate of drug-likeness (QED) is 0.823. The predicted octanol–water partition coefficient (Wildman–Crippen LogP) is 3.52. The molecule has 1 heterocycles. The molecule has 0 unspecified atom stereocenters. The van der Waals surface area contributed by atoms with Gasteiger partial charge in [0.05, 0.1) is 0 Å². The average molecular weight is 345 g/mol. The SMILES string of the molecule is CC(C)(C)OC(=O)N1CCC(Oc2ccc3c(c2)CCC(=O)C3)CC1. The summed E-state index contributed by atoms with van der Waals surface area (Å²) in [6.07, 6.45) is 3.45. The summed E-state index contributed by atoms with van der Waals surface area (Å²) in [6, 6.07) is 6.04. The number of hydrogen-bond donors (Lipinski definition) is 0. The van der Waals surface area contributed by atoms with Gasteiger partial charge in [0.15, 0.2) is 0 Å². The number of amides is 1. The van der Waals surface area contributed by atoms with Crippen LogP contribution in [0.1, 0.15) is 51.2 Å². The zero-order chi connectivity index (χ0) is 18.0. The van der Waals surface area contributed by atoms with Crippen molar-refractivity contribution >= 4 is 11.9 Å². The number of carbonyl (C=O) groups excluding carboxylic acids is 2. The van der Waals surface area contributed by atoms with E-state index in [9.17, 15) is 9.59 Å². The number of rotatable bonds is 2. The van der Waals surface area contributed by atoms with E-state index in [1.165, 1.54) is 5.56 Å². The van der Waals surface area contributed by atoms with Gasteiger partial charge in [0, 0.05) is 38.8 Å². The standard InChI is InChI=1S/C20H27NO4/c1-20(2,3)25-19(23)21-10-8-17(9-11-21)24-18-7-5-14-12-16(22)6-4-15(14)13-18/h5,7,13,17H,4,6,8-12H2,1-3H3. The number of carbonyl (C=O) groups is 2. The summed E-state index contributed by atoms with van der Waals surface area (Å²) in [7, 11) is 0. The van der Waals surface area contributed by atoms with Gasteiger partial charge in [0.1, 0.15) is 23.2 Å². The highest BCUT2D eigenvalue weighted by atomic mass is 16.6. The van der Waals surface area contributed by atoms with Gasteiger partial charge in [0.25, 0.3) is 0 Å². The molecule has 25 heavy (non-hydrogen) atoms. The van der Waals surface area contributed by atoms with Crippen molar-refractivity contribution in [3.63, 3.8) is 0 Å². The molecule has 0 spiro atoms. The lowest BCUT2D eigenvalue weighted by Gasteiger charge is -2.33. The lowest BCUT2D eigenvalue weighted by Crippen LogP contribution is -2.44. The minimum absolute atomic E-state index is 0.113. The van der Waals surface area contributed by atoms with Gasteiger partial charge in [-0.3, -0.25) is 4.79 Å². The molecule has 1 fully saturated rings. The molecule has 1 aliphatic carbocycles. The Morgan fingerprint density at radius 2 is 1.84 bits per heavy atom. The summed E-state index contributed by atoms with van der Waals surface area (Å²) < 4.78 is 11.5. The van der Waals surface area contributed by atoms with Gasteiger partial charge in [-0.2, -0.15) is 0 Å². The predicted molar refractivity (Wildman–Crippen MR) is 94.9 cm³/mol. The highest BCUT2D eigenvalue weighted by Crippen LogP contribution is 2.26. The Hall–Kier alpha value is -2.04. The second-order valence-corrected chi connectivity index (χ2v) is 7.93. The number of ketones is 1. The van der Waals surface area contributed by atoms with E-state index >= 15 is 0 Å². The normalized spacial score (nSPS) is 18.7.